The van der Waals surface area contributed by atoms with Crippen LogP contribution in [0.25, 0.3) is 0 Å². The van der Waals surface area contributed by atoms with Crippen LogP contribution in [-0.2, 0) is 9.53 Å². The van der Waals surface area contributed by atoms with Gasteiger partial charge >= 0.3 is 12.0 Å². The first kappa shape index (κ1) is 13.8. The molecule has 0 aromatic heterocycles. The second kappa shape index (κ2) is 5.86. The lowest BCUT2D eigenvalue weighted by Crippen LogP contribution is -2.58. The molecule has 1 aliphatic rings. The number of hydrogen-bond acceptors (Lipinski definition) is 3. The van der Waals surface area contributed by atoms with Crippen molar-refractivity contribution in [1.82, 2.24) is 10.2 Å². The highest BCUT2D eigenvalue weighted by molar-refractivity contribution is 5.75. The molecule has 0 aromatic carbocycles. The first-order valence-electron chi connectivity index (χ1n) is 5.78. The molecule has 1 aliphatic heterocycles. The van der Waals surface area contributed by atoms with Gasteiger partial charge in [0.2, 0.25) is 0 Å². The Kier molecular flexibility index (Phi) is 4.74. The number of aliphatic carboxylic acids is 1. The fourth-order valence-corrected chi connectivity index (χ4v) is 1.77. The fourth-order valence-electron chi connectivity index (χ4n) is 1.77. The lowest BCUT2D eigenvalue weighted by molar-refractivity contribution is -0.137. The summed E-state index contributed by atoms with van der Waals surface area (Å²) in [5, 5.41) is 11.2. The van der Waals surface area contributed by atoms with Crippen LogP contribution in [-0.4, -0.2) is 53.8 Å². The van der Waals surface area contributed by atoms with E-state index in [-0.39, 0.29) is 18.0 Å². The van der Waals surface area contributed by atoms with E-state index in [1.807, 2.05) is 13.8 Å². The van der Waals surface area contributed by atoms with E-state index in [0.29, 0.717) is 32.7 Å². The molecule has 6 nitrogen and oxygen atoms in total. The van der Waals surface area contributed by atoms with E-state index in [2.05, 4.69) is 5.32 Å². The maximum atomic E-state index is 11.9. The molecular formula is C11H20N2O4. The van der Waals surface area contributed by atoms with E-state index in [9.17, 15) is 9.59 Å². The van der Waals surface area contributed by atoms with Crippen molar-refractivity contribution >= 4 is 12.0 Å². The molecule has 0 unspecified atom stereocenters. The van der Waals surface area contributed by atoms with Crippen LogP contribution in [0, 0.1) is 0 Å². The van der Waals surface area contributed by atoms with Crippen LogP contribution in [0.15, 0.2) is 0 Å². The van der Waals surface area contributed by atoms with Crippen LogP contribution in [0.4, 0.5) is 4.79 Å². The number of carbonyl (C=O) groups excluding carboxylic acids is 1. The highest BCUT2D eigenvalue weighted by Crippen LogP contribution is 2.18. The summed E-state index contributed by atoms with van der Waals surface area (Å²) in [6, 6.07) is -0.149. The Labute approximate surface area is 101 Å². The second-order valence-electron chi connectivity index (χ2n) is 4.75. The number of nitrogens with one attached hydrogen (secondary N) is 1. The average molecular weight is 244 g/mol. The van der Waals surface area contributed by atoms with E-state index in [0.717, 1.165) is 0 Å². The largest absolute Gasteiger partial charge is 0.481 e. The van der Waals surface area contributed by atoms with Gasteiger partial charge in [-0.05, 0) is 20.3 Å². The topological polar surface area (TPSA) is 78.9 Å². The molecule has 2 N–H and O–H groups in total. The van der Waals surface area contributed by atoms with E-state index >= 15 is 0 Å². The van der Waals surface area contributed by atoms with Crippen molar-refractivity contribution in [2.75, 3.05) is 26.3 Å². The number of hydrogen-bond donors (Lipinski definition) is 2. The molecule has 2 amide bonds. The van der Waals surface area contributed by atoms with E-state index in [1.165, 1.54) is 0 Å². The van der Waals surface area contributed by atoms with Gasteiger partial charge in [-0.3, -0.25) is 4.79 Å². The zero-order valence-electron chi connectivity index (χ0n) is 10.4. The lowest BCUT2D eigenvalue weighted by Gasteiger charge is -2.41. The predicted molar refractivity (Wildman–Crippen MR) is 61.9 cm³/mol. The molecule has 1 heterocycles. The van der Waals surface area contributed by atoms with Crippen molar-refractivity contribution in [3.8, 4) is 0 Å². The van der Waals surface area contributed by atoms with Crippen LogP contribution < -0.4 is 5.32 Å². The minimum Gasteiger partial charge on any atom is -0.481 e. The van der Waals surface area contributed by atoms with Crippen LogP contribution in [0.1, 0.15) is 26.7 Å². The molecule has 6 heteroatoms. The molecule has 0 radical (unpaired) electrons. The maximum absolute atomic E-state index is 11.9. The molecule has 1 fully saturated rings. The molecule has 0 aromatic rings. The van der Waals surface area contributed by atoms with Gasteiger partial charge in [-0.15, -0.1) is 0 Å². The summed E-state index contributed by atoms with van der Waals surface area (Å²) in [5.74, 6) is -0.842. The summed E-state index contributed by atoms with van der Waals surface area (Å²) in [4.78, 5) is 23.9. The van der Waals surface area contributed by atoms with Crippen molar-refractivity contribution in [2.45, 2.75) is 32.2 Å². The van der Waals surface area contributed by atoms with E-state index in [1.54, 1.807) is 4.90 Å². The molecular weight excluding hydrogens is 224 g/mol. The Morgan fingerprint density at radius 1 is 1.47 bits per heavy atom. The average Bonchev–Trinajstić information content (AvgIpc) is 2.23. The first-order valence-corrected chi connectivity index (χ1v) is 5.78. The van der Waals surface area contributed by atoms with Crippen LogP contribution >= 0.6 is 0 Å². The van der Waals surface area contributed by atoms with Crippen molar-refractivity contribution in [1.29, 1.82) is 0 Å². The molecule has 0 saturated carbocycles. The van der Waals surface area contributed by atoms with Gasteiger partial charge in [0.25, 0.3) is 0 Å². The van der Waals surface area contributed by atoms with E-state index < -0.39 is 5.97 Å². The zero-order valence-corrected chi connectivity index (χ0v) is 10.4. The summed E-state index contributed by atoms with van der Waals surface area (Å²) < 4.78 is 5.32. The third kappa shape index (κ3) is 4.22. The number of ether oxygens (including phenoxy) is 1. The van der Waals surface area contributed by atoms with Gasteiger partial charge in [0.1, 0.15) is 0 Å². The highest BCUT2D eigenvalue weighted by atomic mass is 16.5. The number of nitrogens with zero attached hydrogens (tertiary/aromatic N) is 1. The van der Waals surface area contributed by atoms with Crippen molar-refractivity contribution in [2.24, 2.45) is 0 Å². The highest BCUT2D eigenvalue weighted by Gasteiger charge is 2.33. The number of morpholine rings is 1. The molecule has 98 valence electrons. The molecule has 0 bridgehead atoms. The quantitative estimate of drug-likeness (QED) is 0.712. The van der Waals surface area contributed by atoms with Crippen LogP contribution in [0.5, 0.6) is 0 Å². The Hall–Kier alpha value is -1.30. The fraction of sp³-hybridized carbons (Fsp3) is 0.818. The number of urea groups is 1. The van der Waals surface area contributed by atoms with Crippen LogP contribution in [0.2, 0.25) is 0 Å². The van der Waals surface area contributed by atoms with Gasteiger partial charge < -0.3 is 20.1 Å². The minimum absolute atomic E-state index is 0.0762. The Morgan fingerprint density at radius 2 is 2.18 bits per heavy atom. The van der Waals surface area contributed by atoms with Crippen LogP contribution in [0.3, 0.4) is 0 Å². The Balaban J connectivity index is 2.33. The second-order valence-corrected chi connectivity index (χ2v) is 4.75. The summed E-state index contributed by atoms with van der Waals surface area (Å²) in [5.41, 5.74) is -0.310. The third-order valence-electron chi connectivity index (χ3n) is 2.73. The predicted octanol–water partition coefficient (Wildman–Crippen LogP) is 0.672. The van der Waals surface area contributed by atoms with Gasteiger partial charge in [-0.1, -0.05) is 0 Å². The molecule has 0 spiro atoms. The molecule has 1 saturated heterocycles. The normalized spacial score (nSPS) is 18.8. The molecule has 17 heavy (non-hydrogen) atoms. The molecule has 0 atom stereocenters. The monoisotopic (exact) mass is 244 g/mol. The number of carboxylic acid groups (broad SMARTS) is 1. The van der Waals surface area contributed by atoms with Crippen molar-refractivity contribution in [3.05, 3.63) is 0 Å². The van der Waals surface area contributed by atoms with Gasteiger partial charge in [-0.25, -0.2) is 4.79 Å². The lowest BCUT2D eigenvalue weighted by atomic mass is 10.0. The number of carbonyl (C=O) groups is 2. The first-order chi connectivity index (χ1) is 7.93. The Morgan fingerprint density at radius 3 is 2.76 bits per heavy atom. The zero-order chi connectivity index (χ0) is 12.9. The number of carboxylic acids is 1. The van der Waals surface area contributed by atoms with Crippen molar-refractivity contribution in [3.63, 3.8) is 0 Å². The minimum atomic E-state index is -0.842. The molecule has 0 aliphatic carbocycles. The van der Waals surface area contributed by atoms with Crippen molar-refractivity contribution < 1.29 is 19.4 Å². The van der Waals surface area contributed by atoms with E-state index in [4.69, 9.17) is 9.84 Å². The van der Waals surface area contributed by atoms with Gasteiger partial charge in [0, 0.05) is 19.5 Å². The number of amides is 2. The van der Waals surface area contributed by atoms with Gasteiger partial charge in [-0.2, -0.15) is 0 Å². The summed E-state index contributed by atoms with van der Waals surface area (Å²) >= 11 is 0. The Bertz CT molecular complexity index is 291. The maximum Gasteiger partial charge on any atom is 0.318 e. The molecule has 1 rings (SSSR count). The number of rotatable bonds is 4. The van der Waals surface area contributed by atoms with Gasteiger partial charge in [0.05, 0.1) is 18.8 Å². The third-order valence-corrected chi connectivity index (χ3v) is 2.73. The standard InChI is InChI=1S/C11H20N2O4/c1-11(2)8-17-7-6-13(11)10(16)12-5-3-4-9(14)15/h3-8H2,1-2H3,(H,12,16)(H,14,15). The summed E-state index contributed by atoms with van der Waals surface area (Å²) in [7, 11) is 0. The smallest absolute Gasteiger partial charge is 0.318 e. The summed E-state index contributed by atoms with van der Waals surface area (Å²) in [6.45, 7) is 5.92. The summed E-state index contributed by atoms with van der Waals surface area (Å²) in [6.07, 6.45) is 0.526. The SMILES string of the molecule is CC1(C)COCCN1C(=O)NCCCC(=O)O. The van der Waals surface area contributed by atoms with Gasteiger partial charge in [0.15, 0.2) is 0 Å².